The van der Waals surface area contributed by atoms with Crippen LogP contribution >= 0.6 is 0 Å². The van der Waals surface area contributed by atoms with E-state index in [1.807, 2.05) is 12.1 Å². The van der Waals surface area contributed by atoms with Crippen LogP contribution in [0.25, 0.3) is 0 Å². The maximum absolute atomic E-state index is 11.4. The van der Waals surface area contributed by atoms with Crippen molar-refractivity contribution >= 4 is 11.9 Å². The van der Waals surface area contributed by atoms with Crippen LogP contribution in [0.3, 0.4) is 0 Å². The molecule has 1 aliphatic carbocycles. The van der Waals surface area contributed by atoms with Crippen LogP contribution in [-0.4, -0.2) is 34.3 Å². The summed E-state index contributed by atoms with van der Waals surface area (Å²) in [5, 5.41) is 18.2. The number of carboxylic acid groups (broad SMARTS) is 2. The van der Waals surface area contributed by atoms with Crippen molar-refractivity contribution in [2.24, 2.45) is 5.73 Å². The highest BCUT2D eigenvalue weighted by atomic mass is 16.5. The molecule has 1 aliphatic rings. The molecule has 1 aromatic rings. The maximum atomic E-state index is 11.4. The first-order valence-electron chi connectivity index (χ1n) is 8.47. The van der Waals surface area contributed by atoms with Gasteiger partial charge < -0.3 is 20.7 Å². The van der Waals surface area contributed by atoms with Gasteiger partial charge in [-0.1, -0.05) is 33.8 Å². The van der Waals surface area contributed by atoms with E-state index in [-0.39, 0.29) is 17.3 Å². The average Bonchev–Trinajstić information content (AvgIpc) is 2.51. The Hall–Kier alpha value is -2.08. The second-order valence-corrected chi connectivity index (χ2v) is 8.10. The molecule has 0 radical (unpaired) electrons. The molecule has 6 nitrogen and oxygen atoms in total. The van der Waals surface area contributed by atoms with Crippen molar-refractivity contribution < 1.29 is 24.5 Å². The molecule has 0 aromatic heterocycles. The number of benzene rings is 1. The Kier molecular flexibility index (Phi) is 5.14. The van der Waals surface area contributed by atoms with E-state index in [9.17, 15) is 14.7 Å². The minimum absolute atomic E-state index is 0.0274. The topological polar surface area (TPSA) is 110 Å². The van der Waals surface area contributed by atoms with Crippen LogP contribution in [0.5, 0.6) is 5.75 Å². The molecular weight excluding hydrogens is 322 g/mol. The first kappa shape index (κ1) is 19.2. The largest absolute Gasteiger partial charge is 0.480 e. The second-order valence-electron chi connectivity index (χ2n) is 8.10. The fraction of sp³-hybridized carbons (Fsp3) is 0.579. The number of fused-ring (bicyclic) bond motifs is 1. The Bertz CT molecular complexity index is 680. The van der Waals surface area contributed by atoms with Gasteiger partial charge in [0.1, 0.15) is 11.8 Å². The number of hydrogen-bond acceptors (Lipinski definition) is 4. The lowest BCUT2D eigenvalue weighted by molar-refractivity contribution is -0.146. The van der Waals surface area contributed by atoms with Gasteiger partial charge in [0, 0.05) is 6.42 Å². The fourth-order valence-corrected chi connectivity index (χ4v) is 3.34. The molecule has 0 saturated carbocycles. The molecule has 4 N–H and O–H groups in total. The van der Waals surface area contributed by atoms with E-state index in [4.69, 9.17) is 15.6 Å². The predicted molar refractivity (Wildman–Crippen MR) is 94.0 cm³/mol. The van der Waals surface area contributed by atoms with E-state index >= 15 is 0 Å². The smallest absolute Gasteiger partial charge is 0.344 e. The Morgan fingerprint density at radius 2 is 1.64 bits per heavy atom. The Balaban J connectivity index is 2.31. The lowest BCUT2D eigenvalue weighted by Gasteiger charge is -2.42. The highest BCUT2D eigenvalue weighted by Gasteiger charge is 2.37. The first-order chi connectivity index (χ1) is 11.4. The monoisotopic (exact) mass is 349 g/mol. The Labute approximate surface area is 148 Å². The molecule has 6 heteroatoms. The molecule has 0 fully saturated rings. The van der Waals surface area contributed by atoms with Gasteiger partial charge >= 0.3 is 11.9 Å². The molecule has 2 rings (SSSR count). The number of aliphatic carboxylic acids is 2. The molecule has 1 unspecified atom stereocenters. The second kappa shape index (κ2) is 6.67. The minimum Gasteiger partial charge on any atom is -0.480 e. The zero-order chi connectivity index (χ0) is 19.0. The van der Waals surface area contributed by atoms with Gasteiger partial charge in [-0.25, -0.2) is 4.79 Å². The maximum Gasteiger partial charge on any atom is 0.344 e. The van der Waals surface area contributed by atoms with E-state index in [0.29, 0.717) is 5.75 Å². The molecular formula is C19H27NO5. The summed E-state index contributed by atoms with van der Waals surface area (Å²) in [6, 6.07) is 4.35. The summed E-state index contributed by atoms with van der Waals surface area (Å²) in [5.74, 6) is -2.05. The average molecular weight is 349 g/mol. The molecule has 0 saturated heterocycles. The van der Waals surface area contributed by atoms with Crippen molar-refractivity contribution in [3.8, 4) is 5.75 Å². The van der Waals surface area contributed by atoms with E-state index in [1.165, 1.54) is 5.56 Å². The van der Waals surface area contributed by atoms with Crippen molar-refractivity contribution in [2.45, 2.75) is 69.9 Å². The van der Waals surface area contributed by atoms with Gasteiger partial charge in [0.05, 0.1) is 0 Å². The van der Waals surface area contributed by atoms with Crippen LogP contribution in [0, 0.1) is 0 Å². The summed E-state index contributed by atoms with van der Waals surface area (Å²) < 4.78 is 5.58. The predicted octanol–water partition coefficient (Wildman–Crippen LogP) is 2.67. The van der Waals surface area contributed by atoms with Gasteiger partial charge in [-0.2, -0.15) is 0 Å². The van der Waals surface area contributed by atoms with Crippen molar-refractivity contribution in [1.82, 2.24) is 0 Å². The van der Waals surface area contributed by atoms with Gasteiger partial charge in [0.15, 0.2) is 6.10 Å². The Morgan fingerprint density at radius 1 is 1.08 bits per heavy atom. The van der Waals surface area contributed by atoms with Crippen LogP contribution in [0.1, 0.15) is 58.1 Å². The lowest BCUT2D eigenvalue weighted by Crippen LogP contribution is -2.39. The third-order valence-corrected chi connectivity index (χ3v) is 5.16. The van der Waals surface area contributed by atoms with Crippen molar-refractivity contribution in [3.05, 3.63) is 29.3 Å². The molecule has 138 valence electrons. The number of carbonyl (C=O) groups is 2. The van der Waals surface area contributed by atoms with E-state index in [0.717, 1.165) is 18.4 Å². The van der Waals surface area contributed by atoms with Crippen LogP contribution in [0.15, 0.2) is 18.2 Å². The summed E-state index contributed by atoms with van der Waals surface area (Å²) in [6.45, 7) is 8.74. The van der Waals surface area contributed by atoms with E-state index < -0.39 is 24.1 Å². The SMILES string of the molecule is CC1(C)CCC(C)(C)c2cc(OC(C[C@H](N)C(=O)O)C(=O)O)ccc21. The molecule has 0 heterocycles. The zero-order valence-corrected chi connectivity index (χ0v) is 15.2. The molecule has 25 heavy (non-hydrogen) atoms. The van der Waals surface area contributed by atoms with Crippen molar-refractivity contribution in [1.29, 1.82) is 0 Å². The Morgan fingerprint density at radius 3 is 2.16 bits per heavy atom. The zero-order valence-electron chi connectivity index (χ0n) is 15.2. The van der Waals surface area contributed by atoms with Gasteiger partial charge in [-0.05, 0) is 46.9 Å². The first-order valence-corrected chi connectivity index (χ1v) is 8.47. The normalized spacial score (nSPS) is 20.2. The van der Waals surface area contributed by atoms with Crippen LogP contribution < -0.4 is 10.5 Å². The number of hydrogen-bond donors (Lipinski definition) is 3. The summed E-state index contributed by atoms with van der Waals surface area (Å²) in [4.78, 5) is 22.3. The highest BCUT2D eigenvalue weighted by Crippen LogP contribution is 2.46. The van der Waals surface area contributed by atoms with Gasteiger partial charge in [-0.3, -0.25) is 4.79 Å². The van der Waals surface area contributed by atoms with E-state index in [1.54, 1.807) is 6.07 Å². The number of rotatable bonds is 6. The fourth-order valence-electron chi connectivity index (χ4n) is 3.34. The molecule has 1 aromatic carbocycles. The summed E-state index contributed by atoms with van der Waals surface area (Å²) in [6.07, 6.45) is 0.515. The lowest BCUT2D eigenvalue weighted by atomic mass is 9.63. The van der Waals surface area contributed by atoms with Gasteiger partial charge in [0.2, 0.25) is 0 Å². The summed E-state index contributed by atoms with van der Waals surface area (Å²) in [7, 11) is 0. The molecule has 0 amide bonds. The van der Waals surface area contributed by atoms with Gasteiger partial charge in [-0.15, -0.1) is 0 Å². The van der Waals surface area contributed by atoms with Crippen LogP contribution in [0.4, 0.5) is 0 Å². The summed E-state index contributed by atoms with van der Waals surface area (Å²) in [5.41, 5.74) is 7.87. The van der Waals surface area contributed by atoms with Crippen LogP contribution in [-0.2, 0) is 20.4 Å². The molecule has 0 bridgehead atoms. The number of nitrogens with two attached hydrogens (primary N) is 1. The standard InChI is InChI=1S/C19H27NO5/c1-18(2)7-8-19(3,4)13-9-11(5-6-12(13)18)25-15(17(23)24)10-14(20)16(21)22/h5-6,9,14-15H,7-8,10,20H2,1-4H3,(H,21,22)(H,23,24)/t14-,15?/m0/s1. The number of ether oxygens (including phenoxy) is 1. The quantitative estimate of drug-likeness (QED) is 0.728. The minimum atomic E-state index is -1.30. The van der Waals surface area contributed by atoms with E-state index in [2.05, 4.69) is 27.7 Å². The third-order valence-electron chi connectivity index (χ3n) is 5.16. The van der Waals surface area contributed by atoms with Crippen molar-refractivity contribution in [3.63, 3.8) is 0 Å². The molecule has 2 atom stereocenters. The summed E-state index contributed by atoms with van der Waals surface area (Å²) >= 11 is 0. The van der Waals surface area contributed by atoms with Crippen molar-refractivity contribution in [2.75, 3.05) is 0 Å². The highest BCUT2D eigenvalue weighted by molar-refractivity contribution is 5.77. The molecule has 0 spiro atoms. The third kappa shape index (κ3) is 4.12. The van der Waals surface area contributed by atoms with Gasteiger partial charge in [0.25, 0.3) is 0 Å². The molecule has 0 aliphatic heterocycles. The van der Waals surface area contributed by atoms with Crippen LogP contribution in [0.2, 0.25) is 0 Å². The number of carboxylic acids is 2.